The van der Waals surface area contributed by atoms with Gasteiger partial charge in [0.1, 0.15) is 5.75 Å². The number of rotatable bonds is 4. The molecule has 2 N–H and O–H groups in total. The van der Waals surface area contributed by atoms with Gasteiger partial charge < -0.3 is 10.1 Å². The summed E-state index contributed by atoms with van der Waals surface area (Å²) >= 11 is 3.15. The second-order valence-electron chi connectivity index (χ2n) is 5.43. The molecule has 11 heteroatoms. The van der Waals surface area contributed by atoms with Crippen molar-refractivity contribution in [3.8, 4) is 5.75 Å². The van der Waals surface area contributed by atoms with E-state index in [-0.39, 0.29) is 27.9 Å². The smallest absolute Gasteiger partial charge is 0.271 e. The minimum atomic E-state index is -4.05. The summed E-state index contributed by atoms with van der Waals surface area (Å²) in [4.78, 5) is 21.8. The van der Waals surface area contributed by atoms with Gasteiger partial charge in [0, 0.05) is 16.6 Å². The highest BCUT2D eigenvalue weighted by Crippen LogP contribution is 2.33. The van der Waals surface area contributed by atoms with Crippen LogP contribution in [-0.4, -0.2) is 25.4 Å². The van der Waals surface area contributed by atoms with Crippen LogP contribution in [0.2, 0.25) is 0 Å². The molecule has 3 rings (SSSR count). The summed E-state index contributed by atoms with van der Waals surface area (Å²) in [5, 5.41) is 13.4. The highest BCUT2D eigenvalue weighted by Gasteiger charge is 2.26. The van der Waals surface area contributed by atoms with Crippen LogP contribution in [0, 0.1) is 10.1 Å². The van der Waals surface area contributed by atoms with Crippen LogP contribution in [-0.2, 0) is 14.8 Å². The molecule has 0 radical (unpaired) electrons. The molecule has 1 amide bonds. The molecule has 1 heterocycles. The van der Waals surface area contributed by atoms with E-state index in [1.54, 1.807) is 6.92 Å². The van der Waals surface area contributed by atoms with E-state index in [1.165, 1.54) is 30.3 Å². The Labute approximate surface area is 156 Å². The van der Waals surface area contributed by atoms with E-state index in [9.17, 15) is 23.3 Å². The molecule has 2 aromatic carbocycles. The third-order valence-corrected chi connectivity index (χ3v) is 5.65. The van der Waals surface area contributed by atoms with Crippen LogP contribution >= 0.6 is 15.9 Å². The fraction of sp³-hybridized carbons (Fsp3) is 0.133. The van der Waals surface area contributed by atoms with E-state index in [4.69, 9.17) is 4.74 Å². The minimum Gasteiger partial charge on any atom is -0.479 e. The molecule has 136 valence electrons. The molecule has 0 bridgehead atoms. The maximum absolute atomic E-state index is 12.6. The van der Waals surface area contributed by atoms with Gasteiger partial charge in [0.25, 0.3) is 21.6 Å². The van der Waals surface area contributed by atoms with E-state index >= 15 is 0 Å². The van der Waals surface area contributed by atoms with Gasteiger partial charge in [0.05, 0.1) is 21.2 Å². The van der Waals surface area contributed by atoms with Gasteiger partial charge in [-0.25, -0.2) is 8.42 Å². The number of nitrogens with zero attached hydrogens (tertiary/aromatic N) is 1. The molecule has 1 aliphatic heterocycles. The van der Waals surface area contributed by atoms with Crippen molar-refractivity contribution in [3.05, 3.63) is 51.0 Å². The Kier molecular flexibility index (Phi) is 4.59. The van der Waals surface area contributed by atoms with Gasteiger partial charge in [-0.15, -0.1) is 0 Å². The highest BCUT2D eigenvalue weighted by atomic mass is 79.9. The summed E-state index contributed by atoms with van der Waals surface area (Å²) < 4.78 is 33.2. The first-order chi connectivity index (χ1) is 12.2. The van der Waals surface area contributed by atoms with Gasteiger partial charge in [-0.05, 0) is 47.1 Å². The van der Waals surface area contributed by atoms with Crippen molar-refractivity contribution in [2.24, 2.45) is 0 Å². The van der Waals surface area contributed by atoms with Crippen molar-refractivity contribution in [3.63, 3.8) is 0 Å². The Hall–Kier alpha value is -2.66. The fourth-order valence-electron chi connectivity index (χ4n) is 2.26. The topological polar surface area (TPSA) is 128 Å². The number of carbonyl (C=O) groups excluding carboxylic acids is 1. The number of non-ortho nitro benzene ring substituents is 1. The van der Waals surface area contributed by atoms with Gasteiger partial charge >= 0.3 is 0 Å². The molecule has 1 aliphatic rings. The predicted octanol–water partition coefficient (Wildman–Crippen LogP) is 2.88. The average Bonchev–Trinajstić information content (AvgIpc) is 2.57. The molecular weight excluding hydrogens is 430 g/mol. The Bertz CT molecular complexity index is 1020. The number of ether oxygens (including phenoxy) is 1. The largest absolute Gasteiger partial charge is 0.479 e. The maximum Gasteiger partial charge on any atom is 0.271 e. The second kappa shape index (κ2) is 6.57. The van der Waals surface area contributed by atoms with E-state index in [2.05, 4.69) is 26.0 Å². The zero-order chi connectivity index (χ0) is 19.1. The highest BCUT2D eigenvalue weighted by molar-refractivity contribution is 9.10. The average molecular weight is 442 g/mol. The number of halogens is 1. The van der Waals surface area contributed by atoms with Crippen molar-refractivity contribution in [1.82, 2.24) is 0 Å². The molecule has 1 unspecified atom stereocenters. The Balaban J connectivity index is 1.95. The molecule has 1 atom stereocenters. The third kappa shape index (κ3) is 3.48. The van der Waals surface area contributed by atoms with Crippen LogP contribution in [0.1, 0.15) is 6.92 Å². The number of amides is 1. The second-order valence-corrected chi connectivity index (χ2v) is 7.97. The first-order valence-electron chi connectivity index (χ1n) is 7.26. The first-order valence-corrected chi connectivity index (χ1v) is 9.53. The number of nitrogens with one attached hydrogen (secondary N) is 2. The van der Waals surface area contributed by atoms with Gasteiger partial charge in [-0.1, -0.05) is 0 Å². The molecule has 0 aliphatic carbocycles. The number of benzene rings is 2. The molecule has 2 aromatic rings. The van der Waals surface area contributed by atoms with Gasteiger partial charge in [-0.3, -0.25) is 19.6 Å². The van der Waals surface area contributed by atoms with Gasteiger partial charge in [-0.2, -0.15) is 0 Å². The van der Waals surface area contributed by atoms with Crippen LogP contribution in [0.5, 0.6) is 5.75 Å². The van der Waals surface area contributed by atoms with Gasteiger partial charge in [0.2, 0.25) is 0 Å². The molecule has 26 heavy (non-hydrogen) atoms. The Morgan fingerprint density at radius 1 is 1.27 bits per heavy atom. The quantitative estimate of drug-likeness (QED) is 0.554. The number of nitro groups is 1. The lowest BCUT2D eigenvalue weighted by molar-refractivity contribution is -0.384. The van der Waals surface area contributed by atoms with Crippen molar-refractivity contribution in [2.45, 2.75) is 17.9 Å². The first kappa shape index (κ1) is 18.1. The van der Waals surface area contributed by atoms with E-state index < -0.39 is 21.1 Å². The molecule has 0 saturated carbocycles. The lowest BCUT2D eigenvalue weighted by atomic mass is 10.2. The normalized spacial score (nSPS) is 16.2. The fourth-order valence-corrected chi connectivity index (χ4v) is 3.84. The number of carbonyl (C=O) groups is 1. The molecule has 9 nitrogen and oxygen atoms in total. The van der Waals surface area contributed by atoms with Crippen molar-refractivity contribution in [1.29, 1.82) is 0 Å². The van der Waals surface area contributed by atoms with Crippen molar-refractivity contribution < 1.29 is 22.9 Å². The van der Waals surface area contributed by atoms with E-state index in [0.717, 1.165) is 6.07 Å². The molecule has 0 aromatic heterocycles. The summed E-state index contributed by atoms with van der Waals surface area (Å²) in [5.74, 6) is -0.0333. The summed E-state index contributed by atoms with van der Waals surface area (Å²) in [6, 6.07) is 7.73. The van der Waals surface area contributed by atoms with Crippen LogP contribution in [0.3, 0.4) is 0 Å². The zero-order valence-electron chi connectivity index (χ0n) is 13.2. The number of sulfonamides is 1. The summed E-state index contributed by atoms with van der Waals surface area (Å²) in [6.07, 6.45) is -0.677. The molecule has 0 spiro atoms. The summed E-state index contributed by atoms with van der Waals surface area (Å²) in [5.41, 5.74) is -0.00842. The Morgan fingerprint density at radius 2 is 2.00 bits per heavy atom. The number of nitro benzene ring substituents is 1. The van der Waals surface area contributed by atoms with E-state index in [0.29, 0.717) is 10.2 Å². The number of hydrogen-bond acceptors (Lipinski definition) is 6. The van der Waals surface area contributed by atoms with E-state index in [1.807, 2.05) is 0 Å². The number of fused-ring (bicyclic) bond motifs is 1. The molecular formula is C15H12BrN3O6S. The third-order valence-electron chi connectivity index (χ3n) is 3.60. The van der Waals surface area contributed by atoms with Crippen LogP contribution in [0.25, 0.3) is 0 Å². The maximum atomic E-state index is 12.6. The van der Waals surface area contributed by atoms with Crippen LogP contribution in [0.15, 0.2) is 45.8 Å². The number of hydrogen-bond donors (Lipinski definition) is 2. The number of anilines is 2. The van der Waals surface area contributed by atoms with Crippen LogP contribution < -0.4 is 14.8 Å². The van der Waals surface area contributed by atoms with Crippen molar-refractivity contribution >= 4 is 48.9 Å². The predicted molar refractivity (Wildman–Crippen MR) is 96.8 cm³/mol. The zero-order valence-corrected chi connectivity index (χ0v) is 15.6. The summed E-state index contributed by atoms with van der Waals surface area (Å²) in [7, 11) is -4.05. The van der Waals surface area contributed by atoms with Gasteiger partial charge in [0.15, 0.2) is 6.10 Å². The summed E-state index contributed by atoms with van der Waals surface area (Å²) in [6.45, 7) is 1.57. The monoisotopic (exact) mass is 441 g/mol. The van der Waals surface area contributed by atoms with Crippen molar-refractivity contribution in [2.75, 3.05) is 10.0 Å². The van der Waals surface area contributed by atoms with Crippen LogP contribution in [0.4, 0.5) is 17.1 Å². The molecule has 0 saturated heterocycles. The SMILES string of the molecule is CC1Oc2ccc(S(=O)(=O)Nc3cc([N+](=O)[O-])ccc3Br)cc2NC1=O. The molecule has 0 fully saturated rings. The standard InChI is InChI=1S/C15H12BrN3O6S/c1-8-15(20)17-13-7-10(3-5-14(13)25-8)26(23,24)18-12-6-9(19(21)22)2-4-11(12)16/h2-8,18H,1H3,(H,17,20). The Morgan fingerprint density at radius 3 is 2.69 bits per heavy atom. The lowest BCUT2D eigenvalue weighted by Crippen LogP contribution is -2.34. The lowest BCUT2D eigenvalue weighted by Gasteiger charge is -2.23. The minimum absolute atomic E-state index is 0.0193.